The van der Waals surface area contributed by atoms with Gasteiger partial charge in [0, 0.05) is 38.4 Å². The minimum absolute atomic E-state index is 0.216. The standard InChI is InChI=1S/C17H21N3O2S2/c21-24(22)11-6-15(13-24)19-7-9-20(10-8-19)17-18-12-16(23-17)14-4-2-1-3-5-14/h1-5,12,15H,6-11,13H2. The van der Waals surface area contributed by atoms with Crippen LogP contribution < -0.4 is 4.90 Å². The van der Waals surface area contributed by atoms with Crippen LogP contribution in [0.25, 0.3) is 10.4 Å². The fraction of sp³-hybridized carbons (Fsp3) is 0.471. The summed E-state index contributed by atoms with van der Waals surface area (Å²) in [5, 5.41) is 1.06. The molecule has 2 saturated heterocycles. The van der Waals surface area contributed by atoms with Crippen LogP contribution >= 0.6 is 11.3 Å². The summed E-state index contributed by atoms with van der Waals surface area (Å²) in [5.74, 6) is 0.688. The Hall–Kier alpha value is -1.44. The van der Waals surface area contributed by atoms with Crippen LogP contribution in [0.3, 0.4) is 0 Å². The molecule has 0 bridgehead atoms. The summed E-state index contributed by atoms with van der Waals surface area (Å²) in [6.07, 6.45) is 2.74. The average molecular weight is 364 g/mol. The number of nitrogens with zero attached hydrogens (tertiary/aromatic N) is 3. The number of hydrogen-bond donors (Lipinski definition) is 0. The Bertz CT molecular complexity index is 796. The predicted octanol–water partition coefficient (Wildman–Crippen LogP) is 2.12. The lowest BCUT2D eigenvalue weighted by Gasteiger charge is -2.37. The van der Waals surface area contributed by atoms with E-state index in [2.05, 4.69) is 26.9 Å². The normalized spacial score (nSPS) is 24.3. The van der Waals surface area contributed by atoms with Crippen LogP contribution in [0.15, 0.2) is 36.5 Å². The highest BCUT2D eigenvalue weighted by Gasteiger charge is 2.33. The fourth-order valence-electron chi connectivity index (χ4n) is 3.49. The molecule has 0 aliphatic carbocycles. The predicted molar refractivity (Wildman–Crippen MR) is 98.4 cm³/mol. The monoisotopic (exact) mass is 363 g/mol. The first-order valence-electron chi connectivity index (χ1n) is 8.31. The Kier molecular flexibility index (Phi) is 4.32. The summed E-state index contributed by atoms with van der Waals surface area (Å²) in [6, 6.07) is 10.5. The molecule has 2 aliphatic rings. The molecule has 0 amide bonds. The number of anilines is 1. The first-order valence-corrected chi connectivity index (χ1v) is 11.0. The molecule has 7 heteroatoms. The van der Waals surface area contributed by atoms with Crippen molar-refractivity contribution in [3.05, 3.63) is 36.5 Å². The van der Waals surface area contributed by atoms with Gasteiger partial charge >= 0.3 is 0 Å². The molecule has 2 aliphatic heterocycles. The second kappa shape index (κ2) is 6.46. The highest BCUT2D eigenvalue weighted by Crippen LogP contribution is 2.31. The van der Waals surface area contributed by atoms with Crippen molar-refractivity contribution in [2.45, 2.75) is 12.5 Å². The van der Waals surface area contributed by atoms with Gasteiger partial charge < -0.3 is 4.90 Å². The molecule has 4 rings (SSSR count). The summed E-state index contributed by atoms with van der Waals surface area (Å²) in [7, 11) is -2.80. The first kappa shape index (κ1) is 16.1. The van der Waals surface area contributed by atoms with Crippen molar-refractivity contribution in [3.8, 4) is 10.4 Å². The van der Waals surface area contributed by atoms with Crippen LogP contribution in [0, 0.1) is 0 Å². The molecule has 1 aromatic heterocycles. The maximum Gasteiger partial charge on any atom is 0.185 e. The van der Waals surface area contributed by atoms with Crippen LogP contribution in [0.4, 0.5) is 5.13 Å². The molecule has 0 N–H and O–H groups in total. The number of sulfone groups is 1. The van der Waals surface area contributed by atoms with Gasteiger partial charge in [0.2, 0.25) is 0 Å². The molecule has 1 unspecified atom stereocenters. The van der Waals surface area contributed by atoms with Crippen molar-refractivity contribution in [2.75, 3.05) is 42.6 Å². The van der Waals surface area contributed by atoms with Crippen molar-refractivity contribution in [3.63, 3.8) is 0 Å². The first-order chi connectivity index (χ1) is 11.6. The van der Waals surface area contributed by atoms with Crippen molar-refractivity contribution in [1.82, 2.24) is 9.88 Å². The van der Waals surface area contributed by atoms with Gasteiger partial charge in [-0.25, -0.2) is 13.4 Å². The molecule has 24 heavy (non-hydrogen) atoms. The minimum Gasteiger partial charge on any atom is -0.346 e. The topological polar surface area (TPSA) is 53.5 Å². The molecular formula is C17H21N3O2S2. The second-order valence-electron chi connectivity index (χ2n) is 6.45. The van der Waals surface area contributed by atoms with Crippen LogP contribution in [0.5, 0.6) is 0 Å². The fourth-order valence-corrected chi connectivity index (χ4v) is 6.22. The third-order valence-electron chi connectivity index (χ3n) is 4.86. The molecular weight excluding hydrogens is 342 g/mol. The van der Waals surface area contributed by atoms with Crippen LogP contribution in [-0.2, 0) is 9.84 Å². The zero-order valence-electron chi connectivity index (χ0n) is 13.5. The van der Waals surface area contributed by atoms with E-state index in [1.54, 1.807) is 11.3 Å². The molecule has 2 fully saturated rings. The maximum absolute atomic E-state index is 11.7. The van der Waals surface area contributed by atoms with Crippen LogP contribution in [0.2, 0.25) is 0 Å². The number of rotatable bonds is 3. The lowest BCUT2D eigenvalue weighted by atomic mass is 10.2. The molecule has 0 radical (unpaired) electrons. The van der Waals surface area contributed by atoms with Gasteiger partial charge in [0.15, 0.2) is 15.0 Å². The lowest BCUT2D eigenvalue weighted by molar-refractivity contribution is 0.200. The zero-order valence-corrected chi connectivity index (χ0v) is 15.1. The van der Waals surface area contributed by atoms with Crippen molar-refractivity contribution in [2.24, 2.45) is 0 Å². The molecule has 3 heterocycles. The van der Waals surface area contributed by atoms with E-state index in [9.17, 15) is 8.42 Å². The smallest absolute Gasteiger partial charge is 0.185 e. The van der Waals surface area contributed by atoms with Crippen molar-refractivity contribution < 1.29 is 8.42 Å². The van der Waals surface area contributed by atoms with Gasteiger partial charge in [-0.05, 0) is 12.0 Å². The third kappa shape index (κ3) is 3.34. The molecule has 128 valence electrons. The summed E-state index contributed by atoms with van der Waals surface area (Å²) in [5.41, 5.74) is 1.20. The highest BCUT2D eigenvalue weighted by molar-refractivity contribution is 7.91. The van der Waals surface area contributed by atoms with E-state index in [0.29, 0.717) is 11.5 Å². The Morgan fingerprint density at radius 1 is 1.08 bits per heavy atom. The zero-order chi connectivity index (χ0) is 16.6. The summed E-state index contributed by atoms with van der Waals surface area (Å²) in [4.78, 5) is 10.4. The molecule has 0 saturated carbocycles. The number of benzene rings is 1. The van der Waals surface area contributed by atoms with E-state index in [4.69, 9.17) is 0 Å². The highest BCUT2D eigenvalue weighted by atomic mass is 32.2. The Balaban J connectivity index is 1.39. The van der Waals surface area contributed by atoms with Crippen LogP contribution in [-0.4, -0.2) is 62.0 Å². The molecule has 1 aromatic carbocycles. The second-order valence-corrected chi connectivity index (χ2v) is 9.69. The molecule has 0 spiro atoms. The van der Waals surface area contributed by atoms with Crippen molar-refractivity contribution >= 4 is 26.3 Å². The minimum atomic E-state index is -2.80. The average Bonchev–Trinajstić information content (AvgIpc) is 3.23. The SMILES string of the molecule is O=S1(=O)CCC(N2CCN(c3ncc(-c4ccccc4)s3)CC2)C1. The van der Waals surface area contributed by atoms with E-state index in [1.807, 2.05) is 24.4 Å². The largest absolute Gasteiger partial charge is 0.346 e. The van der Waals surface area contributed by atoms with Gasteiger partial charge in [0.25, 0.3) is 0 Å². The van der Waals surface area contributed by atoms with Gasteiger partial charge in [0.05, 0.1) is 16.4 Å². The van der Waals surface area contributed by atoms with E-state index >= 15 is 0 Å². The quantitative estimate of drug-likeness (QED) is 0.836. The number of aromatic nitrogens is 1. The Labute approximate surface area is 146 Å². The van der Waals surface area contributed by atoms with E-state index in [0.717, 1.165) is 37.7 Å². The van der Waals surface area contributed by atoms with Crippen molar-refractivity contribution in [1.29, 1.82) is 0 Å². The Morgan fingerprint density at radius 2 is 1.83 bits per heavy atom. The molecule has 2 aromatic rings. The van der Waals surface area contributed by atoms with Gasteiger partial charge in [-0.15, -0.1) is 0 Å². The van der Waals surface area contributed by atoms with E-state index in [-0.39, 0.29) is 6.04 Å². The summed E-state index contributed by atoms with van der Waals surface area (Å²) < 4.78 is 23.3. The van der Waals surface area contributed by atoms with Gasteiger partial charge in [0.1, 0.15) is 0 Å². The number of thiazole rings is 1. The summed E-state index contributed by atoms with van der Waals surface area (Å²) >= 11 is 1.73. The maximum atomic E-state index is 11.7. The summed E-state index contributed by atoms with van der Waals surface area (Å²) in [6.45, 7) is 3.66. The lowest BCUT2D eigenvalue weighted by Crippen LogP contribution is -2.50. The molecule has 1 atom stereocenters. The third-order valence-corrected chi connectivity index (χ3v) is 7.72. The van der Waals surface area contributed by atoms with Gasteiger partial charge in [-0.1, -0.05) is 41.7 Å². The van der Waals surface area contributed by atoms with Gasteiger partial charge in [-0.2, -0.15) is 0 Å². The Morgan fingerprint density at radius 3 is 2.50 bits per heavy atom. The molecule has 5 nitrogen and oxygen atoms in total. The van der Waals surface area contributed by atoms with E-state index < -0.39 is 9.84 Å². The van der Waals surface area contributed by atoms with Crippen LogP contribution in [0.1, 0.15) is 6.42 Å². The van der Waals surface area contributed by atoms with E-state index in [1.165, 1.54) is 10.4 Å². The number of piperazine rings is 1. The number of hydrogen-bond acceptors (Lipinski definition) is 6. The van der Waals surface area contributed by atoms with Gasteiger partial charge in [-0.3, -0.25) is 4.90 Å².